The first-order valence-corrected chi connectivity index (χ1v) is 8.16. The second-order valence-corrected chi connectivity index (χ2v) is 6.52. The van der Waals surface area contributed by atoms with Crippen LogP contribution in [0.3, 0.4) is 0 Å². The second kappa shape index (κ2) is 6.35. The molecule has 0 saturated carbocycles. The minimum atomic E-state index is -0.212. The molecular formula is C17H24ClFN2. The van der Waals surface area contributed by atoms with Gasteiger partial charge in [0.15, 0.2) is 0 Å². The fourth-order valence-corrected chi connectivity index (χ4v) is 3.28. The van der Waals surface area contributed by atoms with Crippen LogP contribution in [-0.4, -0.2) is 9.55 Å². The molecule has 0 spiro atoms. The van der Waals surface area contributed by atoms with Crippen molar-refractivity contribution >= 4 is 22.6 Å². The molecular weight excluding hydrogens is 287 g/mol. The first-order valence-electron chi connectivity index (χ1n) is 7.72. The van der Waals surface area contributed by atoms with Gasteiger partial charge in [-0.25, -0.2) is 9.37 Å². The third-order valence-corrected chi connectivity index (χ3v) is 4.69. The summed E-state index contributed by atoms with van der Waals surface area (Å²) in [7, 11) is 0. The number of hydrogen-bond acceptors (Lipinski definition) is 1. The van der Waals surface area contributed by atoms with Crippen molar-refractivity contribution in [2.24, 2.45) is 5.92 Å². The van der Waals surface area contributed by atoms with Crippen LogP contribution in [0.15, 0.2) is 12.1 Å². The Hall–Kier alpha value is -1.09. The SMILES string of the molecule is CCC(CC)C(C)n1c(C(C)Cl)nc2cc(F)c(C)cc21. The van der Waals surface area contributed by atoms with Crippen molar-refractivity contribution in [3.63, 3.8) is 0 Å². The van der Waals surface area contributed by atoms with Gasteiger partial charge in [-0.15, -0.1) is 11.6 Å². The third-order valence-electron chi connectivity index (χ3n) is 4.49. The van der Waals surface area contributed by atoms with E-state index in [0.717, 1.165) is 24.2 Å². The molecule has 0 N–H and O–H groups in total. The molecule has 0 saturated heterocycles. The van der Waals surface area contributed by atoms with E-state index in [9.17, 15) is 4.39 Å². The summed E-state index contributed by atoms with van der Waals surface area (Å²) < 4.78 is 16.0. The number of fused-ring (bicyclic) bond motifs is 1. The number of aryl methyl sites for hydroxylation is 1. The van der Waals surface area contributed by atoms with Gasteiger partial charge >= 0.3 is 0 Å². The summed E-state index contributed by atoms with van der Waals surface area (Å²) in [5.74, 6) is 1.18. The lowest BCUT2D eigenvalue weighted by Crippen LogP contribution is -2.18. The number of aromatic nitrogens is 2. The third kappa shape index (κ3) is 2.94. The molecule has 0 aliphatic carbocycles. The fourth-order valence-electron chi connectivity index (χ4n) is 3.13. The van der Waals surface area contributed by atoms with E-state index in [0.29, 0.717) is 23.0 Å². The predicted octanol–water partition coefficient (Wildman–Crippen LogP) is 5.78. The van der Waals surface area contributed by atoms with Crippen molar-refractivity contribution in [2.75, 3.05) is 0 Å². The predicted molar refractivity (Wildman–Crippen MR) is 87.5 cm³/mol. The minimum Gasteiger partial charge on any atom is -0.324 e. The van der Waals surface area contributed by atoms with Crippen molar-refractivity contribution in [2.45, 2.75) is 58.9 Å². The fraction of sp³-hybridized carbons (Fsp3) is 0.588. The number of halogens is 2. The van der Waals surface area contributed by atoms with E-state index in [4.69, 9.17) is 11.6 Å². The Morgan fingerprint density at radius 2 is 1.86 bits per heavy atom. The normalized spacial score (nSPS) is 14.9. The summed E-state index contributed by atoms with van der Waals surface area (Å²) in [5, 5.41) is -0.197. The molecule has 0 fully saturated rings. The lowest BCUT2D eigenvalue weighted by molar-refractivity contribution is 0.332. The van der Waals surface area contributed by atoms with E-state index in [-0.39, 0.29) is 11.2 Å². The van der Waals surface area contributed by atoms with Crippen molar-refractivity contribution in [3.8, 4) is 0 Å². The van der Waals surface area contributed by atoms with Crippen LogP contribution in [0.2, 0.25) is 0 Å². The molecule has 1 heterocycles. The molecule has 0 aliphatic rings. The Morgan fingerprint density at radius 3 is 2.38 bits per heavy atom. The largest absolute Gasteiger partial charge is 0.324 e. The first-order chi connectivity index (χ1) is 9.90. The average molecular weight is 311 g/mol. The molecule has 0 radical (unpaired) electrons. The van der Waals surface area contributed by atoms with Crippen molar-refractivity contribution in [3.05, 3.63) is 29.3 Å². The Morgan fingerprint density at radius 1 is 1.24 bits per heavy atom. The quantitative estimate of drug-likeness (QED) is 0.640. The van der Waals surface area contributed by atoms with Crippen LogP contribution in [0.1, 0.15) is 63.3 Å². The summed E-state index contributed by atoms with van der Waals surface area (Å²) in [6.07, 6.45) is 2.21. The van der Waals surface area contributed by atoms with E-state index in [1.54, 1.807) is 6.92 Å². The van der Waals surface area contributed by atoms with Gasteiger partial charge in [-0.1, -0.05) is 26.7 Å². The molecule has 2 aromatic rings. The summed E-state index contributed by atoms with van der Waals surface area (Å²) in [5.41, 5.74) is 2.32. The highest BCUT2D eigenvalue weighted by atomic mass is 35.5. The molecule has 2 unspecified atom stereocenters. The van der Waals surface area contributed by atoms with Crippen LogP contribution >= 0.6 is 11.6 Å². The standard InChI is InChI=1S/C17H24ClFN2/c1-6-13(7-2)12(5)21-16-8-10(3)14(19)9-15(16)20-17(21)11(4)18/h8-9,11-13H,6-7H2,1-5H3. The van der Waals surface area contributed by atoms with Gasteiger partial charge in [0.25, 0.3) is 0 Å². The Balaban J connectivity index is 2.68. The lowest BCUT2D eigenvalue weighted by atomic mass is 9.95. The molecule has 116 valence electrons. The lowest BCUT2D eigenvalue weighted by Gasteiger charge is -2.26. The zero-order valence-corrected chi connectivity index (χ0v) is 14.2. The van der Waals surface area contributed by atoms with Crippen molar-refractivity contribution in [1.82, 2.24) is 9.55 Å². The smallest absolute Gasteiger partial charge is 0.128 e. The molecule has 0 aliphatic heterocycles. The highest BCUT2D eigenvalue weighted by Crippen LogP contribution is 2.34. The van der Waals surface area contributed by atoms with Gasteiger partial charge in [0.1, 0.15) is 11.6 Å². The Bertz CT molecular complexity index is 629. The maximum atomic E-state index is 13.8. The number of alkyl halides is 1. The second-order valence-electron chi connectivity index (χ2n) is 5.86. The maximum absolute atomic E-state index is 13.8. The molecule has 21 heavy (non-hydrogen) atoms. The summed E-state index contributed by atoms with van der Waals surface area (Å²) in [6, 6.07) is 3.70. The molecule has 1 aromatic heterocycles. The molecule has 2 nitrogen and oxygen atoms in total. The van der Waals surface area contributed by atoms with Crippen LogP contribution < -0.4 is 0 Å². The monoisotopic (exact) mass is 310 g/mol. The van der Waals surface area contributed by atoms with Gasteiger partial charge in [0.2, 0.25) is 0 Å². The number of hydrogen-bond donors (Lipinski definition) is 0. The number of benzene rings is 1. The van der Waals surface area contributed by atoms with Crippen molar-refractivity contribution in [1.29, 1.82) is 0 Å². The van der Waals surface area contributed by atoms with E-state index in [2.05, 4.69) is 30.3 Å². The van der Waals surface area contributed by atoms with Crippen LogP contribution in [-0.2, 0) is 0 Å². The van der Waals surface area contributed by atoms with E-state index >= 15 is 0 Å². The zero-order chi connectivity index (χ0) is 15.7. The van der Waals surface area contributed by atoms with Gasteiger partial charge in [-0.05, 0) is 38.3 Å². The van der Waals surface area contributed by atoms with Crippen molar-refractivity contribution < 1.29 is 4.39 Å². The number of rotatable bonds is 5. The zero-order valence-electron chi connectivity index (χ0n) is 13.5. The molecule has 0 amide bonds. The Labute approximate surface area is 131 Å². The highest BCUT2D eigenvalue weighted by molar-refractivity contribution is 6.20. The highest BCUT2D eigenvalue weighted by Gasteiger charge is 2.24. The van der Waals surface area contributed by atoms with E-state index < -0.39 is 0 Å². The summed E-state index contributed by atoms with van der Waals surface area (Å²) in [4.78, 5) is 4.58. The summed E-state index contributed by atoms with van der Waals surface area (Å²) in [6.45, 7) is 10.3. The van der Waals surface area contributed by atoms with Crippen LogP contribution in [0, 0.1) is 18.7 Å². The first kappa shape index (κ1) is 16.3. The molecule has 4 heteroatoms. The van der Waals surface area contributed by atoms with Gasteiger partial charge < -0.3 is 4.57 Å². The van der Waals surface area contributed by atoms with E-state index in [1.807, 2.05) is 13.0 Å². The molecule has 0 bridgehead atoms. The number of imidazole rings is 1. The molecule has 1 aromatic carbocycles. The Kier molecular flexibility index (Phi) is 4.92. The van der Waals surface area contributed by atoms with Gasteiger partial charge in [0, 0.05) is 12.1 Å². The average Bonchev–Trinajstić information content (AvgIpc) is 2.79. The maximum Gasteiger partial charge on any atom is 0.128 e. The number of nitrogens with zero attached hydrogens (tertiary/aromatic N) is 2. The van der Waals surface area contributed by atoms with Gasteiger partial charge in [0.05, 0.1) is 16.4 Å². The molecule has 2 atom stereocenters. The minimum absolute atomic E-state index is 0.197. The van der Waals surface area contributed by atoms with Crippen LogP contribution in [0.25, 0.3) is 11.0 Å². The van der Waals surface area contributed by atoms with Crippen LogP contribution in [0.5, 0.6) is 0 Å². The van der Waals surface area contributed by atoms with Gasteiger partial charge in [-0.3, -0.25) is 0 Å². The summed E-state index contributed by atoms with van der Waals surface area (Å²) >= 11 is 6.32. The van der Waals surface area contributed by atoms with Crippen LogP contribution in [0.4, 0.5) is 4.39 Å². The topological polar surface area (TPSA) is 17.8 Å². The van der Waals surface area contributed by atoms with E-state index in [1.165, 1.54) is 6.07 Å². The molecule has 2 rings (SSSR count). The van der Waals surface area contributed by atoms with Gasteiger partial charge in [-0.2, -0.15) is 0 Å².